The van der Waals surface area contributed by atoms with E-state index in [4.69, 9.17) is 0 Å². The molecular weight excluding hydrogens is 292 g/mol. The van der Waals surface area contributed by atoms with Gasteiger partial charge in [-0.3, -0.25) is 9.59 Å². The average Bonchev–Trinajstić information content (AvgIpc) is 3.21. The Morgan fingerprint density at radius 3 is 2.29 bits per heavy atom. The van der Waals surface area contributed by atoms with E-state index in [1.165, 1.54) is 4.90 Å². The van der Waals surface area contributed by atoms with Crippen molar-refractivity contribution in [1.82, 2.24) is 10.2 Å². The van der Waals surface area contributed by atoms with E-state index in [2.05, 4.69) is 5.32 Å². The second-order valence-corrected chi connectivity index (χ2v) is 9.16. The van der Waals surface area contributed by atoms with E-state index in [1.807, 2.05) is 0 Å². The van der Waals surface area contributed by atoms with Gasteiger partial charge in [0.1, 0.15) is 11.1 Å². The van der Waals surface area contributed by atoms with E-state index in [-0.39, 0.29) is 35.8 Å². The van der Waals surface area contributed by atoms with Gasteiger partial charge in [-0.2, -0.15) is 0 Å². The molecule has 1 saturated heterocycles. The standard InChI is InChI=1S/C14H24N2O4S/c1-5-21(19,20)9-8-16-12(18)14(4,10-6-7-10)15-11(17)13(16,2)3/h10H,5-9H2,1-4H3,(H,15,17). The van der Waals surface area contributed by atoms with Gasteiger partial charge < -0.3 is 10.2 Å². The van der Waals surface area contributed by atoms with Crippen LogP contribution in [0.1, 0.15) is 40.5 Å². The summed E-state index contributed by atoms with van der Waals surface area (Å²) in [5.74, 6) is -0.282. The summed E-state index contributed by atoms with van der Waals surface area (Å²) in [6.45, 7) is 6.72. The molecule has 0 aromatic rings. The summed E-state index contributed by atoms with van der Waals surface area (Å²) in [6, 6.07) is 0. The van der Waals surface area contributed by atoms with E-state index >= 15 is 0 Å². The largest absolute Gasteiger partial charge is 0.340 e. The fraction of sp³-hybridized carbons (Fsp3) is 0.857. The Hall–Kier alpha value is -1.11. The van der Waals surface area contributed by atoms with Gasteiger partial charge in [-0.15, -0.1) is 0 Å². The number of amides is 2. The average molecular weight is 316 g/mol. The molecule has 1 heterocycles. The first-order chi connectivity index (χ1) is 9.54. The number of carbonyl (C=O) groups excluding carboxylic acids is 2. The zero-order valence-corrected chi connectivity index (χ0v) is 13.9. The van der Waals surface area contributed by atoms with Crippen LogP contribution in [0.5, 0.6) is 0 Å². The number of carbonyl (C=O) groups is 2. The second kappa shape index (κ2) is 4.97. The van der Waals surface area contributed by atoms with Crippen LogP contribution in [0.3, 0.4) is 0 Å². The Balaban J connectivity index is 2.26. The smallest absolute Gasteiger partial charge is 0.249 e. The molecule has 6 nitrogen and oxygen atoms in total. The van der Waals surface area contributed by atoms with Crippen LogP contribution in [0, 0.1) is 5.92 Å². The maximum absolute atomic E-state index is 12.8. The van der Waals surface area contributed by atoms with E-state index in [9.17, 15) is 18.0 Å². The molecule has 1 aliphatic heterocycles. The predicted molar refractivity (Wildman–Crippen MR) is 79.4 cm³/mol. The molecule has 2 amide bonds. The van der Waals surface area contributed by atoms with Gasteiger partial charge in [0.25, 0.3) is 0 Å². The van der Waals surface area contributed by atoms with Crippen LogP contribution in [0.4, 0.5) is 0 Å². The highest BCUT2D eigenvalue weighted by molar-refractivity contribution is 7.91. The van der Waals surface area contributed by atoms with Gasteiger partial charge in [0.15, 0.2) is 9.84 Å². The van der Waals surface area contributed by atoms with Gasteiger partial charge in [-0.25, -0.2) is 8.42 Å². The molecule has 21 heavy (non-hydrogen) atoms. The van der Waals surface area contributed by atoms with Crippen LogP contribution in [0.15, 0.2) is 0 Å². The molecule has 0 bridgehead atoms. The van der Waals surface area contributed by atoms with Gasteiger partial charge in [0.05, 0.1) is 5.75 Å². The SMILES string of the molecule is CCS(=O)(=O)CCN1C(=O)C(C)(C2CC2)NC(=O)C1(C)C. The lowest BCUT2D eigenvalue weighted by Crippen LogP contribution is -2.74. The predicted octanol–water partition coefficient (Wildman–Crippen LogP) is 0.327. The monoisotopic (exact) mass is 316 g/mol. The van der Waals surface area contributed by atoms with Crippen molar-refractivity contribution in [3.8, 4) is 0 Å². The Kier molecular flexibility index (Phi) is 3.85. The Morgan fingerprint density at radius 1 is 1.24 bits per heavy atom. The Labute approximate surface area is 126 Å². The molecule has 2 aliphatic rings. The van der Waals surface area contributed by atoms with Gasteiger partial charge >= 0.3 is 0 Å². The lowest BCUT2D eigenvalue weighted by Gasteiger charge is -2.49. The van der Waals surface area contributed by atoms with Gasteiger partial charge in [-0.05, 0) is 39.5 Å². The number of rotatable bonds is 5. The zero-order chi connectivity index (χ0) is 16.1. The van der Waals surface area contributed by atoms with Crippen LogP contribution >= 0.6 is 0 Å². The molecule has 0 aromatic carbocycles. The molecule has 1 aliphatic carbocycles. The maximum atomic E-state index is 12.8. The minimum absolute atomic E-state index is 0.0432. The molecule has 1 atom stereocenters. The van der Waals surface area contributed by atoms with Crippen molar-refractivity contribution < 1.29 is 18.0 Å². The summed E-state index contributed by atoms with van der Waals surface area (Å²) >= 11 is 0. The molecule has 120 valence electrons. The lowest BCUT2D eigenvalue weighted by atomic mass is 9.85. The van der Waals surface area contributed by atoms with Crippen molar-refractivity contribution in [2.24, 2.45) is 5.92 Å². The Morgan fingerprint density at radius 2 is 1.81 bits per heavy atom. The van der Waals surface area contributed by atoms with E-state index in [0.717, 1.165) is 12.8 Å². The summed E-state index contributed by atoms with van der Waals surface area (Å²) in [5, 5.41) is 2.86. The summed E-state index contributed by atoms with van der Waals surface area (Å²) in [4.78, 5) is 26.6. The number of piperazine rings is 1. The van der Waals surface area contributed by atoms with Crippen molar-refractivity contribution in [2.45, 2.75) is 51.6 Å². The van der Waals surface area contributed by atoms with Crippen LogP contribution < -0.4 is 5.32 Å². The first-order valence-electron chi connectivity index (χ1n) is 7.39. The molecule has 0 aromatic heterocycles. The molecule has 0 spiro atoms. The molecule has 2 rings (SSSR count). The minimum atomic E-state index is -3.18. The first-order valence-corrected chi connectivity index (χ1v) is 9.22. The minimum Gasteiger partial charge on any atom is -0.340 e. The molecule has 7 heteroatoms. The van der Waals surface area contributed by atoms with Gasteiger partial charge in [-0.1, -0.05) is 6.92 Å². The molecular formula is C14H24N2O4S. The maximum Gasteiger partial charge on any atom is 0.249 e. The zero-order valence-electron chi connectivity index (χ0n) is 13.1. The second-order valence-electron chi connectivity index (χ2n) is 6.68. The fourth-order valence-corrected chi connectivity index (χ4v) is 3.54. The normalized spacial score (nSPS) is 29.4. The van der Waals surface area contributed by atoms with Crippen LogP contribution in [-0.2, 0) is 19.4 Å². The molecule has 0 radical (unpaired) electrons. The van der Waals surface area contributed by atoms with Crippen LogP contribution in [0.25, 0.3) is 0 Å². The quantitative estimate of drug-likeness (QED) is 0.792. The molecule has 2 fully saturated rings. The topological polar surface area (TPSA) is 83.6 Å². The van der Waals surface area contributed by atoms with Gasteiger partial charge in [0, 0.05) is 12.3 Å². The summed E-state index contributed by atoms with van der Waals surface area (Å²) in [7, 11) is -3.18. The highest BCUT2D eigenvalue weighted by atomic mass is 32.2. The summed E-state index contributed by atoms with van der Waals surface area (Å²) in [6.07, 6.45) is 1.84. The lowest BCUT2D eigenvalue weighted by molar-refractivity contribution is -0.160. The van der Waals surface area contributed by atoms with Crippen molar-refractivity contribution in [2.75, 3.05) is 18.1 Å². The van der Waals surface area contributed by atoms with Crippen molar-refractivity contribution in [1.29, 1.82) is 0 Å². The highest BCUT2D eigenvalue weighted by Gasteiger charge is 2.57. The van der Waals surface area contributed by atoms with E-state index < -0.39 is 20.9 Å². The number of hydrogen-bond acceptors (Lipinski definition) is 4. The third-order valence-electron chi connectivity index (χ3n) is 4.75. The number of sulfone groups is 1. The van der Waals surface area contributed by atoms with Crippen molar-refractivity contribution in [3.05, 3.63) is 0 Å². The first kappa shape index (κ1) is 16.3. The number of hydrogen-bond donors (Lipinski definition) is 1. The summed E-state index contributed by atoms with van der Waals surface area (Å²) < 4.78 is 23.4. The Bertz CT molecular complexity index is 566. The summed E-state index contributed by atoms with van der Waals surface area (Å²) in [5.41, 5.74) is -1.91. The van der Waals surface area contributed by atoms with E-state index in [0.29, 0.717) is 0 Å². The molecule has 1 N–H and O–H groups in total. The molecule has 1 saturated carbocycles. The van der Waals surface area contributed by atoms with E-state index in [1.54, 1.807) is 27.7 Å². The number of nitrogens with zero attached hydrogens (tertiary/aromatic N) is 1. The van der Waals surface area contributed by atoms with Crippen LogP contribution in [-0.4, -0.2) is 54.3 Å². The molecule has 1 unspecified atom stereocenters. The van der Waals surface area contributed by atoms with Crippen molar-refractivity contribution in [3.63, 3.8) is 0 Å². The third-order valence-corrected chi connectivity index (χ3v) is 6.44. The third kappa shape index (κ3) is 2.80. The van der Waals surface area contributed by atoms with Crippen molar-refractivity contribution >= 4 is 21.7 Å². The fourth-order valence-electron chi connectivity index (χ4n) is 2.79. The highest BCUT2D eigenvalue weighted by Crippen LogP contribution is 2.43. The van der Waals surface area contributed by atoms with Crippen LogP contribution in [0.2, 0.25) is 0 Å². The van der Waals surface area contributed by atoms with Gasteiger partial charge in [0.2, 0.25) is 11.8 Å². The number of nitrogens with one attached hydrogen (secondary N) is 1.